The molecule has 11 heteroatoms. The van der Waals surface area contributed by atoms with Gasteiger partial charge in [0, 0.05) is 17.7 Å². The summed E-state index contributed by atoms with van der Waals surface area (Å²) in [5, 5.41) is 11.3. The lowest BCUT2D eigenvalue weighted by atomic mass is 9.95. The van der Waals surface area contributed by atoms with Crippen molar-refractivity contribution in [3.63, 3.8) is 0 Å². The van der Waals surface area contributed by atoms with Gasteiger partial charge < -0.3 is 9.15 Å². The molecule has 0 spiro atoms. The van der Waals surface area contributed by atoms with Crippen LogP contribution in [-0.2, 0) is 9.53 Å². The zero-order valence-electron chi connectivity index (χ0n) is 20.2. The van der Waals surface area contributed by atoms with Crippen molar-refractivity contribution in [2.24, 2.45) is 4.99 Å². The van der Waals surface area contributed by atoms with Crippen molar-refractivity contribution >= 4 is 40.7 Å². The summed E-state index contributed by atoms with van der Waals surface area (Å²) in [4.78, 5) is 42.3. The number of hydrogen-bond donors (Lipinski definition) is 0. The molecule has 0 saturated carbocycles. The van der Waals surface area contributed by atoms with Crippen molar-refractivity contribution in [1.82, 2.24) is 4.57 Å². The number of aromatic nitrogens is 1. The summed E-state index contributed by atoms with van der Waals surface area (Å²) in [5.41, 5.74) is 1.55. The molecular weight excluding hydrogens is 530 g/mol. The molecule has 192 valence electrons. The van der Waals surface area contributed by atoms with E-state index in [0.717, 1.165) is 5.56 Å². The Morgan fingerprint density at radius 1 is 1.24 bits per heavy atom. The van der Waals surface area contributed by atoms with Crippen LogP contribution in [0.15, 0.2) is 86.1 Å². The molecule has 2 aromatic carbocycles. The maximum Gasteiger partial charge on any atom is 0.338 e. The molecule has 0 amide bonds. The van der Waals surface area contributed by atoms with Crippen molar-refractivity contribution in [2.75, 3.05) is 7.11 Å². The number of nitro groups is 1. The van der Waals surface area contributed by atoms with E-state index < -0.39 is 16.9 Å². The van der Waals surface area contributed by atoms with Gasteiger partial charge in [-0.2, -0.15) is 0 Å². The summed E-state index contributed by atoms with van der Waals surface area (Å²) in [7, 11) is 1.31. The van der Waals surface area contributed by atoms with E-state index in [2.05, 4.69) is 4.99 Å². The standard InChI is InChI=1S/C27H20ClN3O6S/c1-3-19-23(26(33)36-2)24(15-7-5-4-6-8-15)30-25(32)22(38-27(30)29-19)14-17-10-12-21(37-17)16-9-11-18(28)20(13-16)31(34)35/h4-14,24H,3H2,1-2H3/b22-14+/t24-/m1/s1. The molecule has 0 radical (unpaired) electrons. The fourth-order valence-electron chi connectivity index (χ4n) is 4.34. The van der Waals surface area contributed by atoms with Gasteiger partial charge in [-0.1, -0.05) is 60.2 Å². The molecule has 5 rings (SSSR count). The van der Waals surface area contributed by atoms with Crippen LogP contribution in [0.3, 0.4) is 0 Å². The number of benzene rings is 2. The Morgan fingerprint density at radius 3 is 2.68 bits per heavy atom. The van der Waals surface area contributed by atoms with Gasteiger partial charge >= 0.3 is 5.97 Å². The Kier molecular flexibility index (Phi) is 6.83. The molecule has 2 aromatic heterocycles. The van der Waals surface area contributed by atoms with E-state index in [-0.39, 0.29) is 16.3 Å². The molecule has 0 unspecified atom stereocenters. The van der Waals surface area contributed by atoms with Crippen LogP contribution in [0.1, 0.15) is 30.7 Å². The highest BCUT2D eigenvalue weighted by molar-refractivity contribution is 7.07. The van der Waals surface area contributed by atoms with Gasteiger partial charge in [0.05, 0.1) is 33.9 Å². The number of nitrogens with zero attached hydrogens (tertiary/aromatic N) is 3. The molecule has 0 aliphatic carbocycles. The topological polar surface area (TPSA) is 117 Å². The highest BCUT2D eigenvalue weighted by Crippen LogP contribution is 2.33. The number of thiazole rings is 1. The molecule has 1 aliphatic rings. The molecule has 0 bridgehead atoms. The summed E-state index contributed by atoms with van der Waals surface area (Å²) in [6, 6.07) is 16.3. The van der Waals surface area contributed by atoms with Crippen molar-refractivity contribution in [3.05, 3.63) is 118 Å². The van der Waals surface area contributed by atoms with Gasteiger partial charge in [0.2, 0.25) is 0 Å². The van der Waals surface area contributed by atoms with Crippen LogP contribution < -0.4 is 14.9 Å². The first-order valence-electron chi connectivity index (χ1n) is 11.5. The number of esters is 1. The van der Waals surface area contributed by atoms with E-state index in [4.69, 9.17) is 20.8 Å². The van der Waals surface area contributed by atoms with E-state index in [1.165, 1.54) is 35.1 Å². The number of hydrogen-bond acceptors (Lipinski definition) is 8. The van der Waals surface area contributed by atoms with E-state index in [9.17, 15) is 19.7 Å². The van der Waals surface area contributed by atoms with Crippen LogP contribution in [0.2, 0.25) is 5.02 Å². The van der Waals surface area contributed by atoms with E-state index in [1.807, 2.05) is 37.3 Å². The predicted molar refractivity (Wildman–Crippen MR) is 143 cm³/mol. The number of fused-ring (bicyclic) bond motifs is 1. The summed E-state index contributed by atoms with van der Waals surface area (Å²) in [6.07, 6.45) is 2.07. The van der Waals surface area contributed by atoms with E-state index in [1.54, 1.807) is 24.3 Å². The third-order valence-electron chi connectivity index (χ3n) is 6.09. The van der Waals surface area contributed by atoms with Gasteiger partial charge in [-0.25, -0.2) is 9.79 Å². The second-order valence-electron chi connectivity index (χ2n) is 8.32. The maximum absolute atomic E-state index is 13.7. The van der Waals surface area contributed by atoms with Gasteiger partial charge in [-0.05, 0) is 36.2 Å². The van der Waals surface area contributed by atoms with Crippen molar-refractivity contribution in [2.45, 2.75) is 19.4 Å². The first-order chi connectivity index (χ1) is 18.3. The summed E-state index contributed by atoms with van der Waals surface area (Å²) in [6.45, 7) is 1.89. The highest BCUT2D eigenvalue weighted by Gasteiger charge is 2.33. The lowest BCUT2D eigenvalue weighted by Gasteiger charge is -2.25. The molecule has 1 atom stereocenters. The van der Waals surface area contributed by atoms with Crippen molar-refractivity contribution in [1.29, 1.82) is 0 Å². The molecule has 4 aromatic rings. The van der Waals surface area contributed by atoms with E-state index >= 15 is 0 Å². The summed E-state index contributed by atoms with van der Waals surface area (Å²) < 4.78 is 12.8. The largest absolute Gasteiger partial charge is 0.466 e. The minimum atomic E-state index is -0.696. The second-order valence-corrected chi connectivity index (χ2v) is 9.74. The van der Waals surface area contributed by atoms with Gasteiger partial charge in [0.15, 0.2) is 4.80 Å². The monoisotopic (exact) mass is 549 g/mol. The highest BCUT2D eigenvalue weighted by atomic mass is 35.5. The molecule has 3 heterocycles. The number of ether oxygens (including phenoxy) is 1. The Morgan fingerprint density at radius 2 is 2.00 bits per heavy atom. The SMILES string of the molecule is CCC1=C(C(=O)OC)[C@@H](c2ccccc2)n2c(s/c(=C/c3ccc(-c4ccc(Cl)c([N+](=O)[O-])c4)o3)c2=O)=N1. The Bertz CT molecular complexity index is 1780. The minimum Gasteiger partial charge on any atom is -0.466 e. The molecule has 0 fully saturated rings. The molecule has 0 N–H and O–H groups in total. The zero-order valence-corrected chi connectivity index (χ0v) is 21.8. The second kappa shape index (κ2) is 10.2. The van der Waals surface area contributed by atoms with Gasteiger partial charge in [0.25, 0.3) is 11.2 Å². The van der Waals surface area contributed by atoms with Crippen molar-refractivity contribution in [3.8, 4) is 11.3 Å². The number of halogens is 1. The first-order valence-corrected chi connectivity index (χ1v) is 12.7. The van der Waals surface area contributed by atoms with Gasteiger partial charge in [0.1, 0.15) is 16.5 Å². The number of nitro benzene ring substituents is 1. The number of carbonyl (C=O) groups is 1. The predicted octanol–water partition coefficient (Wildman–Crippen LogP) is 4.62. The summed E-state index contributed by atoms with van der Waals surface area (Å²) >= 11 is 7.10. The number of methoxy groups -OCH3 is 1. The van der Waals surface area contributed by atoms with Crippen LogP contribution in [0.4, 0.5) is 5.69 Å². The number of carbonyl (C=O) groups excluding carboxylic acids is 1. The number of rotatable bonds is 6. The van der Waals surface area contributed by atoms with Crippen molar-refractivity contribution < 1.29 is 18.9 Å². The smallest absolute Gasteiger partial charge is 0.338 e. The molecule has 1 aliphatic heterocycles. The van der Waals surface area contributed by atoms with Gasteiger partial charge in [-0.15, -0.1) is 0 Å². The molecule has 9 nitrogen and oxygen atoms in total. The van der Waals surface area contributed by atoms with Crippen LogP contribution in [0.25, 0.3) is 17.4 Å². The zero-order chi connectivity index (χ0) is 27.0. The average molecular weight is 550 g/mol. The van der Waals surface area contributed by atoms with E-state index in [0.29, 0.717) is 44.1 Å². The number of furan rings is 1. The fraction of sp³-hybridized carbons (Fsp3) is 0.148. The normalized spacial score (nSPS) is 15.2. The van der Waals surface area contributed by atoms with Crippen LogP contribution in [0.5, 0.6) is 0 Å². The Hall–Kier alpha value is -4.28. The summed E-state index contributed by atoms with van der Waals surface area (Å²) in [5.74, 6) is 0.218. The quantitative estimate of drug-likeness (QED) is 0.197. The Labute approximate surface area is 224 Å². The average Bonchev–Trinajstić information content (AvgIpc) is 3.52. The maximum atomic E-state index is 13.7. The molecular formula is C27H20ClN3O6S. The lowest BCUT2D eigenvalue weighted by Crippen LogP contribution is -2.40. The van der Waals surface area contributed by atoms with Crippen LogP contribution >= 0.6 is 22.9 Å². The lowest BCUT2D eigenvalue weighted by molar-refractivity contribution is -0.384. The third kappa shape index (κ3) is 4.48. The first kappa shape index (κ1) is 25.4. The fourth-order valence-corrected chi connectivity index (χ4v) is 5.52. The minimum absolute atomic E-state index is 0.0254. The van der Waals surface area contributed by atoms with Crippen LogP contribution in [0, 0.1) is 10.1 Å². The molecule has 38 heavy (non-hydrogen) atoms. The molecule has 0 saturated heterocycles. The van der Waals surface area contributed by atoms with Gasteiger partial charge in [-0.3, -0.25) is 19.5 Å². The third-order valence-corrected chi connectivity index (χ3v) is 7.40. The van der Waals surface area contributed by atoms with Crippen LogP contribution in [-0.4, -0.2) is 22.6 Å². The number of allylic oxidation sites excluding steroid dienone is 1. The Balaban J connectivity index is 1.63.